The van der Waals surface area contributed by atoms with Crippen molar-refractivity contribution < 1.29 is 18.7 Å². The predicted molar refractivity (Wildman–Crippen MR) is 100.0 cm³/mol. The van der Waals surface area contributed by atoms with Gasteiger partial charge in [0.25, 0.3) is 5.91 Å². The number of nitrogens with one attached hydrogen (secondary N) is 1. The number of amides is 1. The number of para-hydroxylation sites is 2. The van der Waals surface area contributed by atoms with Crippen molar-refractivity contribution in [2.24, 2.45) is 0 Å². The third kappa shape index (κ3) is 2.87. The Hall–Kier alpha value is -3.80. The molecule has 4 aromatic rings. The van der Waals surface area contributed by atoms with Gasteiger partial charge in [0.2, 0.25) is 12.7 Å². The first-order valence-corrected chi connectivity index (χ1v) is 8.43. The maximum Gasteiger partial charge on any atom is 0.255 e. The zero-order chi connectivity index (χ0) is 18.2. The van der Waals surface area contributed by atoms with Crippen molar-refractivity contribution in [3.8, 4) is 23.0 Å². The molecule has 1 aliphatic rings. The number of fused-ring (bicyclic) bond motifs is 2. The lowest BCUT2D eigenvalue weighted by atomic mass is 10.1. The van der Waals surface area contributed by atoms with Crippen molar-refractivity contribution in [3.05, 3.63) is 72.3 Å². The Labute approximate surface area is 154 Å². The van der Waals surface area contributed by atoms with E-state index in [2.05, 4.69) is 10.3 Å². The fraction of sp³-hybridized carbons (Fsp3) is 0.0476. The van der Waals surface area contributed by atoms with Gasteiger partial charge < -0.3 is 19.2 Å². The number of oxazole rings is 1. The highest BCUT2D eigenvalue weighted by atomic mass is 16.7. The summed E-state index contributed by atoms with van der Waals surface area (Å²) in [7, 11) is 0. The number of carbonyl (C=O) groups is 1. The number of nitrogens with zero attached hydrogens (tertiary/aromatic N) is 1. The molecule has 2 heterocycles. The minimum atomic E-state index is -0.233. The molecule has 0 fully saturated rings. The molecule has 0 aliphatic carbocycles. The molecule has 6 heteroatoms. The van der Waals surface area contributed by atoms with Crippen molar-refractivity contribution in [3.63, 3.8) is 0 Å². The molecular weight excluding hydrogens is 344 g/mol. The highest BCUT2D eigenvalue weighted by Crippen LogP contribution is 2.33. The Morgan fingerprint density at radius 1 is 0.926 bits per heavy atom. The molecule has 1 aromatic heterocycles. The summed E-state index contributed by atoms with van der Waals surface area (Å²) in [6, 6.07) is 20.1. The van der Waals surface area contributed by atoms with Crippen LogP contribution in [0.5, 0.6) is 11.5 Å². The molecule has 0 bridgehead atoms. The van der Waals surface area contributed by atoms with E-state index >= 15 is 0 Å². The largest absolute Gasteiger partial charge is 0.454 e. The van der Waals surface area contributed by atoms with Crippen LogP contribution >= 0.6 is 0 Å². The van der Waals surface area contributed by atoms with Gasteiger partial charge in [-0.1, -0.05) is 18.2 Å². The Morgan fingerprint density at radius 3 is 2.74 bits per heavy atom. The van der Waals surface area contributed by atoms with E-state index in [1.807, 2.05) is 48.5 Å². The van der Waals surface area contributed by atoms with Crippen LogP contribution in [0.2, 0.25) is 0 Å². The molecule has 3 aromatic carbocycles. The number of anilines is 1. The number of aromatic nitrogens is 1. The number of carbonyl (C=O) groups excluding carboxylic acids is 1. The second kappa shape index (κ2) is 6.17. The normalized spacial score (nSPS) is 12.3. The third-order valence-electron chi connectivity index (χ3n) is 4.30. The van der Waals surface area contributed by atoms with Gasteiger partial charge in [-0.2, -0.15) is 0 Å². The molecule has 1 amide bonds. The summed E-state index contributed by atoms with van der Waals surface area (Å²) in [5.74, 6) is 1.49. The van der Waals surface area contributed by atoms with Crippen LogP contribution in [0.4, 0.5) is 5.69 Å². The molecule has 0 saturated heterocycles. The highest BCUT2D eigenvalue weighted by molar-refractivity contribution is 6.05. The smallest absolute Gasteiger partial charge is 0.255 e. The lowest BCUT2D eigenvalue weighted by molar-refractivity contribution is 0.102. The number of hydrogen-bond acceptors (Lipinski definition) is 5. The molecule has 0 saturated carbocycles. The summed E-state index contributed by atoms with van der Waals surface area (Å²) in [6.07, 6.45) is 0. The number of hydrogen-bond donors (Lipinski definition) is 1. The van der Waals surface area contributed by atoms with Gasteiger partial charge in [-0.15, -0.1) is 0 Å². The summed E-state index contributed by atoms with van der Waals surface area (Å²) in [5.41, 5.74) is 3.45. The Morgan fingerprint density at radius 2 is 1.81 bits per heavy atom. The molecule has 0 radical (unpaired) electrons. The van der Waals surface area contributed by atoms with Crippen molar-refractivity contribution in [1.82, 2.24) is 4.98 Å². The van der Waals surface area contributed by atoms with Gasteiger partial charge in [0.05, 0.1) is 0 Å². The van der Waals surface area contributed by atoms with Gasteiger partial charge in [0, 0.05) is 16.8 Å². The number of benzene rings is 3. The van der Waals surface area contributed by atoms with E-state index < -0.39 is 0 Å². The van der Waals surface area contributed by atoms with Gasteiger partial charge in [-0.05, 0) is 48.5 Å². The standard InChI is InChI=1S/C21H14N2O4/c24-20(13-8-9-18-19(11-13)26-12-25-18)22-15-5-3-4-14(10-15)21-23-16-6-1-2-7-17(16)27-21/h1-11H,12H2,(H,22,24). The van der Waals surface area contributed by atoms with Crippen LogP contribution in [0.25, 0.3) is 22.6 Å². The quantitative estimate of drug-likeness (QED) is 0.585. The second-order valence-electron chi connectivity index (χ2n) is 6.09. The monoisotopic (exact) mass is 358 g/mol. The van der Waals surface area contributed by atoms with E-state index in [9.17, 15) is 4.79 Å². The third-order valence-corrected chi connectivity index (χ3v) is 4.30. The van der Waals surface area contributed by atoms with E-state index in [1.165, 1.54) is 0 Å². The van der Waals surface area contributed by atoms with Crippen LogP contribution in [0.3, 0.4) is 0 Å². The molecule has 6 nitrogen and oxygen atoms in total. The maximum atomic E-state index is 12.6. The van der Waals surface area contributed by atoms with Crippen LogP contribution in [0, 0.1) is 0 Å². The van der Waals surface area contributed by atoms with E-state index in [4.69, 9.17) is 13.9 Å². The fourth-order valence-corrected chi connectivity index (χ4v) is 2.97. The Bertz CT molecular complexity index is 1130. The summed E-state index contributed by atoms with van der Waals surface area (Å²) < 4.78 is 16.4. The zero-order valence-corrected chi connectivity index (χ0v) is 14.1. The lowest BCUT2D eigenvalue weighted by Crippen LogP contribution is -2.11. The van der Waals surface area contributed by atoms with E-state index in [0.717, 1.165) is 16.7 Å². The van der Waals surface area contributed by atoms with Crippen molar-refractivity contribution in [2.75, 3.05) is 12.1 Å². The van der Waals surface area contributed by atoms with Crippen molar-refractivity contribution >= 4 is 22.7 Å². The second-order valence-corrected chi connectivity index (χ2v) is 6.09. The van der Waals surface area contributed by atoms with Gasteiger partial charge in [-0.3, -0.25) is 4.79 Å². The maximum absolute atomic E-state index is 12.6. The predicted octanol–water partition coefficient (Wildman–Crippen LogP) is 4.48. The van der Waals surface area contributed by atoms with Gasteiger partial charge in [-0.25, -0.2) is 4.98 Å². The van der Waals surface area contributed by atoms with Crippen LogP contribution in [-0.2, 0) is 0 Å². The summed E-state index contributed by atoms with van der Waals surface area (Å²) in [6.45, 7) is 0.174. The highest BCUT2D eigenvalue weighted by Gasteiger charge is 2.16. The van der Waals surface area contributed by atoms with Crippen LogP contribution < -0.4 is 14.8 Å². The average molecular weight is 358 g/mol. The zero-order valence-electron chi connectivity index (χ0n) is 14.1. The Balaban J connectivity index is 1.41. The SMILES string of the molecule is O=C(Nc1cccc(-c2nc3ccccc3o2)c1)c1ccc2c(c1)OCO2. The molecule has 132 valence electrons. The topological polar surface area (TPSA) is 73.6 Å². The van der Waals surface area contributed by atoms with Crippen LogP contribution in [-0.4, -0.2) is 17.7 Å². The molecule has 0 atom stereocenters. The van der Waals surface area contributed by atoms with Crippen molar-refractivity contribution in [1.29, 1.82) is 0 Å². The van der Waals surface area contributed by atoms with Crippen LogP contribution in [0.1, 0.15) is 10.4 Å². The van der Waals surface area contributed by atoms with Gasteiger partial charge in [0.1, 0.15) is 5.52 Å². The van der Waals surface area contributed by atoms with E-state index in [0.29, 0.717) is 28.6 Å². The first-order valence-electron chi connectivity index (χ1n) is 8.43. The molecule has 0 unspecified atom stereocenters. The molecule has 1 aliphatic heterocycles. The fourth-order valence-electron chi connectivity index (χ4n) is 2.97. The molecule has 1 N–H and O–H groups in total. The first-order chi connectivity index (χ1) is 13.3. The average Bonchev–Trinajstić information content (AvgIpc) is 3.34. The molecule has 27 heavy (non-hydrogen) atoms. The summed E-state index contributed by atoms with van der Waals surface area (Å²) in [4.78, 5) is 17.0. The Kier molecular flexibility index (Phi) is 3.53. The van der Waals surface area contributed by atoms with Crippen LogP contribution in [0.15, 0.2) is 71.1 Å². The molecular formula is C21H14N2O4. The first kappa shape index (κ1) is 15.5. The summed E-state index contributed by atoms with van der Waals surface area (Å²) >= 11 is 0. The number of rotatable bonds is 3. The van der Waals surface area contributed by atoms with Crippen molar-refractivity contribution in [2.45, 2.75) is 0 Å². The van der Waals surface area contributed by atoms with Gasteiger partial charge >= 0.3 is 0 Å². The van der Waals surface area contributed by atoms with E-state index in [-0.39, 0.29) is 12.7 Å². The summed E-state index contributed by atoms with van der Waals surface area (Å²) in [5, 5.41) is 2.89. The number of ether oxygens (including phenoxy) is 2. The molecule has 5 rings (SSSR count). The van der Waals surface area contributed by atoms with E-state index in [1.54, 1.807) is 18.2 Å². The van der Waals surface area contributed by atoms with Gasteiger partial charge in [0.15, 0.2) is 17.1 Å². The minimum absolute atomic E-state index is 0.174. The lowest BCUT2D eigenvalue weighted by Gasteiger charge is -2.07. The molecule has 0 spiro atoms. The minimum Gasteiger partial charge on any atom is -0.454 e.